The SMILES string of the molecule is C1CCCC1.COc1ccc(C(O)COc2ccccc2OC)cc1OC.COc1ccc(CC(C)Oc2ccccc2OC)cc1OC. The molecular formula is C40H52O9. The van der Waals surface area contributed by atoms with Crippen molar-refractivity contribution in [3.63, 3.8) is 0 Å². The molecule has 1 N–H and O–H groups in total. The van der Waals surface area contributed by atoms with Gasteiger partial charge in [0.1, 0.15) is 18.8 Å². The Hall–Kier alpha value is -4.76. The van der Waals surface area contributed by atoms with Crippen molar-refractivity contribution in [1.82, 2.24) is 0 Å². The van der Waals surface area contributed by atoms with Crippen LogP contribution in [-0.2, 0) is 6.42 Å². The van der Waals surface area contributed by atoms with E-state index in [0.29, 0.717) is 28.6 Å². The summed E-state index contributed by atoms with van der Waals surface area (Å²) in [6.45, 7) is 2.14. The molecule has 1 fully saturated rings. The van der Waals surface area contributed by atoms with Gasteiger partial charge in [0.25, 0.3) is 0 Å². The lowest BCUT2D eigenvalue weighted by Crippen LogP contribution is -2.15. The third-order valence-corrected chi connectivity index (χ3v) is 7.88. The van der Waals surface area contributed by atoms with Gasteiger partial charge in [-0.2, -0.15) is 0 Å². The number of benzene rings is 4. The topological polar surface area (TPSA) is 94.1 Å². The van der Waals surface area contributed by atoms with Gasteiger partial charge in [0.05, 0.1) is 42.7 Å². The van der Waals surface area contributed by atoms with Crippen LogP contribution in [0.1, 0.15) is 56.3 Å². The molecule has 9 nitrogen and oxygen atoms in total. The molecule has 5 rings (SSSR count). The molecule has 9 heteroatoms. The summed E-state index contributed by atoms with van der Waals surface area (Å²) >= 11 is 0. The minimum Gasteiger partial charge on any atom is -0.493 e. The lowest BCUT2D eigenvalue weighted by molar-refractivity contribution is 0.106. The number of ether oxygens (including phenoxy) is 8. The average Bonchev–Trinajstić information content (AvgIpc) is 3.75. The van der Waals surface area contributed by atoms with Crippen LogP contribution in [0.2, 0.25) is 0 Å². The Morgan fingerprint density at radius 2 is 0.939 bits per heavy atom. The molecule has 0 saturated heterocycles. The van der Waals surface area contributed by atoms with Crippen molar-refractivity contribution in [2.45, 2.75) is 57.7 Å². The Bertz CT molecular complexity index is 1510. The van der Waals surface area contributed by atoms with Crippen LogP contribution in [-0.4, -0.2) is 60.5 Å². The molecule has 2 atom stereocenters. The van der Waals surface area contributed by atoms with Crippen LogP contribution in [0.3, 0.4) is 0 Å². The van der Waals surface area contributed by atoms with Crippen LogP contribution in [0.4, 0.5) is 0 Å². The van der Waals surface area contributed by atoms with Gasteiger partial charge < -0.3 is 43.0 Å². The maximum absolute atomic E-state index is 10.3. The van der Waals surface area contributed by atoms with E-state index in [2.05, 4.69) is 0 Å². The third kappa shape index (κ3) is 12.3. The molecule has 0 aromatic heterocycles. The van der Waals surface area contributed by atoms with Gasteiger partial charge in [-0.1, -0.05) is 68.5 Å². The van der Waals surface area contributed by atoms with Crippen molar-refractivity contribution in [3.8, 4) is 46.0 Å². The van der Waals surface area contributed by atoms with Gasteiger partial charge in [-0.25, -0.2) is 0 Å². The number of aliphatic hydroxyl groups is 1. The van der Waals surface area contributed by atoms with Crippen molar-refractivity contribution in [2.75, 3.05) is 49.3 Å². The molecule has 0 aliphatic heterocycles. The van der Waals surface area contributed by atoms with Crippen molar-refractivity contribution in [3.05, 3.63) is 96.1 Å². The van der Waals surface area contributed by atoms with E-state index < -0.39 is 6.10 Å². The molecule has 0 amide bonds. The van der Waals surface area contributed by atoms with Gasteiger partial charge in [0.2, 0.25) is 0 Å². The molecule has 1 aliphatic carbocycles. The number of aliphatic hydroxyl groups excluding tert-OH is 1. The molecule has 1 saturated carbocycles. The standard InChI is InChI=1S/C18H22O4.C17H20O5.C5H10/c1-13(22-17-8-6-5-7-15(17)19-2)11-14-9-10-16(20-3)18(12-14)21-4;1-19-14-6-4-5-7-16(14)22-11-13(18)12-8-9-15(20-2)17(10-12)21-3;1-2-4-5-3-1/h5-10,12-13H,11H2,1-4H3;4-10,13,18H,11H2,1-3H3;1-5H2. The van der Waals surface area contributed by atoms with Gasteiger partial charge in [0.15, 0.2) is 46.0 Å². The summed E-state index contributed by atoms with van der Waals surface area (Å²) in [5.74, 6) is 5.33. The summed E-state index contributed by atoms with van der Waals surface area (Å²) in [4.78, 5) is 0. The van der Waals surface area contributed by atoms with E-state index in [-0.39, 0.29) is 12.7 Å². The number of hydrogen-bond acceptors (Lipinski definition) is 9. The second-order valence-corrected chi connectivity index (χ2v) is 11.3. The molecular weight excluding hydrogens is 624 g/mol. The monoisotopic (exact) mass is 676 g/mol. The molecule has 0 bridgehead atoms. The highest BCUT2D eigenvalue weighted by atomic mass is 16.5. The van der Waals surface area contributed by atoms with Crippen molar-refractivity contribution < 1.29 is 43.0 Å². The van der Waals surface area contributed by atoms with E-state index in [4.69, 9.17) is 37.9 Å². The zero-order valence-electron chi connectivity index (χ0n) is 29.9. The summed E-state index contributed by atoms with van der Waals surface area (Å²) in [7, 11) is 9.60. The van der Waals surface area contributed by atoms with Gasteiger partial charge in [0, 0.05) is 6.42 Å². The van der Waals surface area contributed by atoms with E-state index in [1.165, 1.54) is 32.1 Å². The second kappa shape index (κ2) is 21.3. The first kappa shape index (κ1) is 38.7. The molecule has 0 spiro atoms. The smallest absolute Gasteiger partial charge is 0.161 e. The Balaban J connectivity index is 0.000000232. The fourth-order valence-corrected chi connectivity index (χ4v) is 5.26. The fourth-order valence-electron chi connectivity index (χ4n) is 5.26. The van der Waals surface area contributed by atoms with Crippen LogP contribution in [0.5, 0.6) is 46.0 Å². The number of rotatable bonds is 14. The summed E-state index contributed by atoms with van der Waals surface area (Å²) in [6.07, 6.45) is 7.48. The molecule has 4 aromatic carbocycles. The fraction of sp³-hybridized carbons (Fsp3) is 0.400. The molecule has 266 valence electrons. The normalized spacial score (nSPS) is 12.9. The van der Waals surface area contributed by atoms with Crippen LogP contribution >= 0.6 is 0 Å². The quantitative estimate of drug-likeness (QED) is 0.141. The highest BCUT2D eigenvalue weighted by molar-refractivity contribution is 5.45. The van der Waals surface area contributed by atoms with Crippen molar-refractivity contribution >= 4 is 0 Å². The first-order valence-electron chi connectivity index (χ1n) is 16.5. The summed E-state index contributed by atoms with van der Waals surface area (Å²) < 4.78 is 43.1. The average molecular weight is 677 g/mol. The highest BCUT2D eigenvalue weighted by Crippen LogP contribution is 2.32. The van der Waals surface area contributed by atoms with E-state index >= 15 is 0 Å². The summed E-state index contributed by atoms with van der Waals surface area (Å²) in [6, 6.07) is 26.1. The molecule has 0 radical (unpaired) electrons. The lowest BCUT2D eigenvalue weighted by Gasteiger charge is -2.17. The van der Waals surface area contributed by atoms with E-state index in [0.717, 1.165) is 35.0 Å². The van der Waals surface area contributed by atoms with Crippen LogP contribution in [0, 0.1) is 0 Å². The van der Waals surface area contributed by atoms with Gasteiger partial charge >= 0.3 is 0 Å². The third-order valence-electron chi connectivity index (χ3n) is 7.88. The maximum Gasteiger partial charge on any atom is 0.161 e. The maximum atomic E-state index is 10.3. The minimum atomic E-state index is -0.787. The predicted octanol–water partition coefficient (Wildman–Crippen LogP) is 8.50. The van der Waals surface area contributed by atoms with E-state index in [1.807, 2.05) is 61.5 Å². The van der Waals surface area contributed by atoms with E-state index in [9.17, 15) is 5.11 Å². The Morgan fingerprint density at radius 1 is 0.510 bits per heavy atom. The van der Waals surface area contributed by atoms with Crippen LogP contribution < -0.4 is 37.9 Å². The number of methoxy groups -OCH3 is 6. The Labute approximate surface area is 291 Å². The largest absolute Gasteiger partial charge is 0.493 e. The Morgan fingerprint density at radius 3 is 1.47 bits per heavy atom. The molecule has 1 aliphatic rings. The molecule has 49 heavy (non-hydrogen) atoms. The van der Waals surface area contributed by atoms with E-state index in [1.54, 1.807) is 73.0 Å². The number of hydrogen-bond donors (Lipinski definition) is 1. The van der Waals surface area contributed by atoms with Gasteiger partial charge in [-0.3, -0.25) is 0 Å². The summed E-state index contributed by atoms with van der Waals surface area (Å²) in [5.41, 5.74) is 1.81. The van der Waals surface area contributed by atoms with Crippen molar-refractivity contribution in [1.29, 1.82) is 0 Å². The van der Waals surface area contributed by atoms with Gasteiger partial charge in [-0.05, 0) is 66.6 Å². The summed E-state index contributed by atoms with van der Waals surface area (Å²) in [5, 5.41) is 10.3. The van der Waals surface area contributed by atoms with Crippen LogP contribution in [0.15, 0.2) is 84.9 Å². The van der Waals surface area contributed by atoms with Gasteiger partial charge in [-0.15, -0.1) is 0 Å². The molecule has 2 unspecified atom stereocenters. The highest BCUT2D eigenvalue weighted by Gasteiger charge is 2.14. The zero-order chi connectivity index (χ0) is 35.4. The Kier molecular flexibility index (Phi) is 16.8. The van der Waals surface area contributed by atoms with Crippen molar-refractivity contribution in [2.24, 2.45) is 0 Å². The lowest BCUT2D eigenvalue weighted by atomic mass is 10.1. The van der Waals surface area contributed by atoms with Crippen LogP contribution in [0.25, 0.3) is 0 Å². The first-order valence-corrected chi connectivity index (χ1v) is 16.5. The second-order valence-electron chi connectivity index (χ2n) is 11.3. The molecule has 0 heterocycles. The first-order chi connectivity index (χ1) is 23.9. The minimum absolute atomic E-state index is 0.00870. The number of para-hydroxylation sites is 4. The zero-order valence-corrected chi connectivity index (χ0v) is 29.9. The predicted molar refractivity (Wildman–Crippen MR) is 192 cm³/mol. The molecule has 4 aromatic rings.